The molecule has 25 heavy (non-hydrogen) atoms. The van der Waals surface area contributed by atoms with Crippen molar-refractivity contribution in [3.05, 3.63) is 39.3 Å². The Hall–Kier alpha value is -1.99. The standard InChI is InChI=1S/C18H25N5OS/c1-13-16(14(2)21-18(19)20-13)11-17(24)23-7-4-6-22(8-9-23)12-15-5-3-10-25-15/h3,5,10H,4,6-9,11-12H2,1-2H3,(H2,19,20,21). The predicted octanol–water partition coefficient (Wildman–Crippen LogP) is 2.01. The van der Waals surface area contributed by atoms with Crippen molar-refractivity contribution in [2.75, 3.05) is 31.9 Å². The van der Waals surface area contributed by atoms with Crippen LogP contribution in [-0.4, -0.2) is 51.9 Å². The van der Waals surface area contributed by atoms with Crippen molar-refractivity contribution in [2.24, 2.45) is 0 Å². The summed E-state index contributed by atoms with van der Waals surface area (Å²) in [6.07, 6.45) is 1.36. The first-order valence-corrected chi connectivity index (χ1v) is 9.53. The van der Waals surface area contributed by atoms with Gasteiger partial charge in [-0.15, -0.1) is 11.3 Å². The highest BCUT2D eigenvalue weighted by atomic mass is 32.1. The monoisotopic (exact) mass is 359 g/mol. The van der Waals surface area contributed by atoms with Gasteiger partial charge in [0, 0.05) is 54.6 Å². The zero-order valence-corrected chi connectivity index (χ0v) is 15.7. The molecule has 3 heterocycles. The topological polar surface area (TPSA) is 75.3 Å². The zero-order chi connectivity index (χ0) is 17.8. The van der Waals surface area contributed by atoms with Crippen LogP contribution in [0.25, 0.3) is 0 Å². The molecule has 2 N–H and O–H groups in total. The quantitative estimate of drug-likeness (QED) is 0.904. The minimum atomic E-state index is 0.151. The second kappa shape index (κ2) is 7.93. The molecule has 2 aromatic heterocycles. The molecular formula is C18H25N5OS. The molecule has 3 rings (SSSR count). The molecule has 0 saturated carbocycles. The number of rotatable bonds is 4. The average molecular weight is 359 g/mol. The number of carbonyl (C=O) groups is 1. The van der Waals surface area contributed by atoms with Gasteiger partial charge in [0.2, 0.25) is 11.9 Å². The maximum Gasteiger partial charge on any atom is 0.227 e. The van der Waals surface area contributed by atoms with Gasteiger partial charge in [0.05, 0.1) is 6.42 Å². The third-order valence-electron chi connectivity index (χ3n) is 4.67. The van der Waals surface area contributed by atoms with Crippen molar-refractivity contribution in [3.63, 3.8) is 0 Å². The van der Waals surface area contributed by atoms with Crippen LogP contribution >= 0.6 is 11.3 Å². The number of thiophene rings is 1. The number of hydrogen-bond donors (Lipinski definition) is 1. The predicted molar refractivity (Wildman–Crippen MR) is 100 cm³/mol. The van der Waals surface area contributed by atoms with E-state index < -0.39 is 0 Å². The fraction of sp³-hybridized carbons (Fsp3) is 0.500. The summed E-state index contributed by atoms with van der Waals surface area (Å²) in [5.74, 6) is 0.419. The second-order valence-electron chi connectivity index (χ2n) is 6.50. The van der Waals surface area contributed by atoms with Gasteiger partial charge in [0.15, 0.2) is 0 Å². The van der Waals surface area contributed by atoms with E-state index in [4.69, 9.17) is 5.73 Å². The van der Waals surface area contributed by atoms with E-state index in [0.717, 1.165) is 56.1 Å². The largest absolute Gasteiger partial charge is 0.368 e. The van der Waals surface area contributed by atoms with E-state index >= 15 is 0 Å². The minimum absolute atomic E-state index is 0.151. The number of anilines is 1. The zero-order valence-electron chi connectivity index (χ0n) is 14.9. The number of nitrogens with two attached hydrogens (primary N) is 1. The number of aromatic nitrogens is 2. The van der Waals surface area contributed by atoms with Crippen molar-refractivity contribution in [1.82, 2.24) is 19.8 Å². The normalized spacial score (nSPS) is 16.0. The number of aryl methyl sites for hydroxylation is 2. The van der Waals surface area contributed by atoms with E-state index in [0.29, 0.717) is 6.42 Å². The molecule has 1 amide bonds. The fourth-order valence-electron chi connectivity index (χ4n) is 3.29. The summed E-state index contributed by atoms with van der Waals surface area (Å²) in [5, 5.41) is 2.11. The molecule has 1 fully saturated rings. The van der Waals surface area contributed by atoms with Gasteiger partial charge in [0.1, 0.15) is 0 Å². The van der Waals surface area contributed by atoms with Gasteiger partial charge in [-0.25, -0.2) is 9.97 Å². The summed E-state index contributed by atoms with van der Waals surface area (Å²) in [4.78, 5) is 26.9. The highest BCUT2D eigenvalue weighted by Gasteiger charge is 2.21. The highest BCUT2D eigenvalue weighted by Crippen LogP contribution is 2.16. The number of nitrogens with zero attached hydrogens (tertiary/aromatic N) is 4. The van der Waals surface area contributed by atoms with Gasteiger partial charge in [-0.3, -0.25) is 9.69 Å². The number of carbonyl (C=O) groups excluding carboxylic acids is 1. The summed E-state index contributed by atoms with van der Waals surface area (Å²) >= 11 is 1.79. The first-order valence-electron chi connectivity index (χ1n) is 8.65. The number of hydrogen-bond acceptors (Lipinski definition) is 6. The van der Waals surface area contributed by atoms with Crippen LogP contribution in [0.4, 0.5) is 5.95 Å². The summed E-state index contributed by atoms with van der Waals surface area (Å²) < 4.78 is 0. The molecule has 2 aromatic rings. The van der Waals surface area contributed by atoms with Gasteiger partial charge in [-0.1, -0.05) is 6.07 Å². The molecule has 0 radical (unpaired) electrons. The second-order valence-corrected chi connectivity index (χ2v) is 7.53. The van der Waals surface area contributed by atoms with Crippen LogP contribution in [0.1, 0.15) is 28.2 Å². The first-order chi connectivity index (χ1) is 12.0. The van der Waals surface area contributed by atoms with Gasteiger partial charge < -0.3 is 10.6 Å². The molecule has 0 aromatic carbocycles. The van der Waals surface area contributed by atoms with E-state index in [1.807, 2.05) is 18.7 Å². The fourth-order valence-corrected chi connectivity index (χ4v) is 4.03. The van der Waals surface area contributed by atoms with E-state index in [2.05, 4.69) is 32.4 Å². The molecule has 0 unspecified atom stereocenters. The lowest BCUT2D eigenvalue weighted by atomic mass is 10.1. The smallest absolute Gasteiger partial charge is 0.227 e. The summed E-state index contributed by atoms with van der Waals surface area (Å²) in [6, 6.07) is 4.26. The van der Waals surface area contributed by atoms with Gasteiger partial charge in [-0.05, 0) is 31.7 Å². The number of nitrogen functional groups attached to an aromatic ring is 1. The molecular weight excluding hydrogens is 334 g/mol. The molecule has 7 heteroatoms. The Morgan fingerprint density at radius 1 is 1.20 bits per heavy atom. The summed E-state index contributed by atoms with van der Waals surface area (Å²) in [7, 11) is 0. The van der Waals surface area contributed by atoms with Gasteiger partial charge in [-0.2, -0.15) is 0 Å². The lowest BCUT2D eigenvalue weighted by molar-refractivity contribution is -0.130. The summed E-state index contributed by atoms with van der Waals surface area (Å²) in [5.41, 5.74) is 8.17. The Morgan fingerprint density at radius 2 is 1.96 bits per heavy atom. The van der Waals surface area contributed by atoms with Crippen molar-refractivity contribution in [3.8, 4) is 0 Å². The van der Waals surface area contributed by atoms with Crippen LogP contribution in [0, 0.1) is 13.8 Å². The SMILES string of the molecule is Cc1nc(N)nc(C)c1CC(=O)N1CCCN(Cc2cccs2)CC1. The molecule has 134 valence electrons. The Balaban J connectivity index is 1.60. The van der Waals surface area contributed by atoms with Crippen LogP contribution in [-0.2, 0) is 17.8 Å². The molecule has 0 bridgehead atoms. The third kappa shape index (κ3) is 4.55. The average Bonchev–Trinajstić information content (AvgIpc) is 2.95. The number of amides is 1. The third-order valence-corrected chi connectivity index (χ3v) is 5.53. The molecule has 1 aliphatic rings. The van der Waals surface area contributed by atoms with E-state index in [9.17, 15) is 4.79 Å². The van der Waals surface area contributed by atoms with Crippen LogP contribution in [0.5, 0.6) is 0 Å². The van der Waals surface area contributed by atoms with Crippen LogP contribution in [0.15, 0.2) is 17.5 Å². The maximum atomic E-state index is 12.8. The minimum Gasteiger partial charge on any atom is -0.368 e. The van der Waals surface area contributed by atoms with E-state index in [1.54, 1.807) is 11.3 Å². The molecule has 0 spiro atoms. The van der Waals surface area contributed by atoms with E-state index in [-0.39, 0.29) is 11.9 Å². The van der Waals surface area contributed by atoms with Crippen molar-refractivity contribution in [2.45, 2.75) is 33.2 Å². The van der Waals surface area contributed by atoms with Crippen LogP contribution in [0.3, 0.4) is 0 Å². The highest BCUT2D eigenvalue weighted by molar-refractivity contribution is 7.09. The Bertz CT molecular complexity index is 708. The van der Waals surface area contributed by atoms with E-state index in [1.165, 1.54) is 4.88 Å². The maximum absolute atomic E-state index is 12.8. The van der Waals surface area contributed by atoms with Crippen molar-refractivity contribution >= 4 is 23.2 Å². The van der Waals surface area contributed by atoms with Gasteiger partial charge in [0.25, 0.3) is 0 Å². The lowest BCUT2D eigenvalue weighted by Crippen LogP contribution is -2.36. The Kier molecular flexibility index (Phi) is 5.65. The Morgan fingerprint density at radius 3 is 2.64 bits per heavy atom. The van der Waals surface area contributed by atoms with Crippen LogP contribution < -0.4 is 5.73 Å². The molecule has 1 saturated heterocycles. The molecule has 6 nitrogen and oxygen atoms in total. The lowest BCUT2D eigenvalue weighted by Gasteiger charge is -2.22. The first kappa shape index (κ1) is 17.8. The summed E-state index contributed by atoms with van der Waals surface area (Å²) in [6.45, 7) is 8.29. The molecule has 0 aliphatic carbocycles. The Labute approximate surface area is 152 Å². The van der Waals surface area contributed by atoms with Crippen molar-refractivity contribution in [1.29, 1.82) is 0 Å². The van der Waals surface area contributed by atoms with Crippen LogP contribution in [0.2, 0.25) is 0 Å². The van der Waals surface area contributed by atoms with Gasteiger partial charge >= 0.3 is 0 Å². The molecule has 1 aliphatic heterocycles. The molecule has 0 atom stereocenters. The van der Waals surface area contributed by atoms with Crippen molar-refractivity contribution < 1.29 is 4.79 Å².